The summed E-state index contributed by atoms with van der Waals surface area (Å²) in [6, 6.07) is 18.8. The number of carbonyl (C=O) groups excluding carboxylic acids is 1. The van der Waals surface area contributed by atoms with Crippen LogP contribution in [-0.2, 0) is 11.2 Å². The molecular formula is C25H20FNO5. The van der Waals surface area contributed by atoms with E-state index in [1.165, 1.54) is 19.2 Å². The van der Waals surface area contributed by atoms with Crippen molar-refractivity contribution in [2.24, 2.45) is 0 Å². The zero-order valence-electron chi connectivity index (χ0n) is 17.2. The Morgan fingerprint density at radius 3 is 2.50 bits per heavy atom. The van der Waals surface area contributed by atoms with E-state index in [-0.39, 0.29) is 18.0 Å². The van der Waals surface area contributed by atoms with Gasteiger partial charge in [0.15, 0.2) is 5.76 Å². The standard InChI is InChI=1S/C25H20FNO5/c1-31-20-9-10-22-18(13-20)14-23(32-22)24(28)27-21(25(29)30)11-15-5-7-16(8-6-15)17-3-2-4-19(26)12-17/h2-10,12-14,21H,11H2,1H3,(H,27,28)(H,29,30)/t21-/m0/s1. The van der Waals surface area contributed by atoms with Gasteiger partial charge < -0.3 is 19.6 Å². The monoisotopic (exact) mass is 433 g/mol. The normalized spacial score (nSPS) is 11.8. The van der Waals surface area contributed by atoms with Crippen molar-refractivity contribution in [3.05, 3.63) is 89.9 Å². The molecule has 7 heteroatoms. The molecule has 1 heterocycles. The fourth-order valence-electron chi connectivity index (χ4n) is 3.43. The molecule has 1 amide bonds. The molecule has 6 nitrogen and oxygen atoms in total. The number of hydrogen-bond donors (Lipinski definition) is 2. The van der Waals surface area contributed by atoms with Gasteiger partial charge in [-0.15, -0.1) is 0 Å². The van der Waals surface area contributed by atoms with E-state index in [1.54, 1.807) is 60.7 Å². The van der Waals surface area contributed by atoms with Crippen molar-refractivity contribution in [2.45, 2.75) is 12.5 Å². The van der Waals surface area contributed by atoms with Crippen LogP contribution in [0.25, 0.3) is 22.1 Å². The van der Waals surface area contributed by atoms with E-state index < -0.39 is 17.9 Å². The SMILES string of the molecule is COc1ccc2oc(C(=O)N[C@@H](Cc3ccc(-c4cccc(F)c4)cc3)C(=O)O)cc2c1. The number of ether oxygens (including phenoxy) is 1. The molecule has 0 aliphatic carbocycles. The van der Waals surface area contributed by atoms with E-state index in [0.717, 1.165) is 11.1 Å². The van der Waals surface area contributed by atoms with Gasteiger partial charge in [-0.25, -0.2) is 9.18 Å². The second-order valence-electron chi connectivity index (χ2n) is 7.29. The Hall–Kier alpha value is -4.13. The molecule has 4 aromatic rings. The van der Waals surface area contributed by atoms with Crippen LogP contribution in [0.5, 0.6) is 5.75 Å². The van der Waals surface area contributed by atoms with Gasteiger partial charge in [-0.3, -0.25) is 4.79 Å². The lowest BCUT2D eigenvalue weighted by Gasteiger charge is -2.14. The summed E-state index contributed by atoms with van der Waals surface area (Å²) >= 11 is 0. The highest BCUT2D eigenvalue weighted by Crippen LogP contribution is 2.24. The molecule has 0 radical (unpaired) electrons. The summed E-state index contributed by atoms with van der Waals surface area (Å²) in [5, 5.41) is 12.8. The Labute approximate surface area is 183 Å². The summed E-state index contributed by atoms with van der Waals surface area (Å²) in [5.74, 6) is -1.48. The van der Waals surface area contributed by atoms with Crippen molar-refractivity contribution in [3.8, 4) is 16.9 Å². The molecule has 0 saturated heterocycles. The molecule has 0 saturated carbocycles. The largest absolute Gasteiger partial charge is 0.497 e. The maximum Gasteiger partial charge on any atom is 0.326 e. The Kier molecular flexibility index (Phi) is 5.89. The van der Waals surface area contributed by atoms with Crippen LogP contribution < -0.4 is 10.1 Å². The zero-order chi connectivity index (χ0) is 22.7. The fraction of sp³-hybridized carbons (Fsp3) is 0.120. The van der Waals surface area contributed by atoms with E-state index in [0.29, 0.717) is 22.3 Å². The number of rotatable bonds is 7. The average molecular weight is 433 g/mol. The number of amides is 1. The first-order chi connectivity index (χ1) is 15.4. The smallest absolute Gasteiger partial charge is 0.326 e. The number of hydrogen-bond acceptors (Lipinski definition) is 4. The Morgan fingerprint density at radius 2 is 1.81 bits per heavy atom. The van der Waals surface area contributed by atoms with Gasteiger partial charge in [-0.05, 0) is 53.1 Å². The topological polar surface area (TPSA) is 88.8 Å². The molecule has 1 aromatic heterocycles. The zero-order valence-corrected chi connectivity index (χ0v) is 17.2. The number of fused-ring (bicyclic) bond motifs is 1. The van der Waals surface area contributed by atoms with Gasteiger partial charge in [0.1, 0.15) is 23.2 Å². The Balaban J connectivity index is 1.48. The summed E-state index contributed by atoms with van der Waals surface area (Å²) in [6.07, 6.45) is 0.0819. The molecule has 3 aromatic carbocycles. The van der Waals surface area contributed by atoms with Gasteiger partial charge >= 0.3 is 5.97 Å². The average Bonchev–Trinajstić information content (AvgIpc) is 3.22. The molecule has 4 rings (SSSR count). The van der Waals surface area contributed by atoms with Crippen molar-refractivity contribution in [3.63, 3.8) is 0 Å². The number of carbonyl (C=O) groups is 2. The molecule has 0 spiro atoms. The maximum atomic E-state index is 13.4. The first-order valence-corrected chi connectivity index (χ1v) is 9.89. The Morgan fingerprint density at radius 1 is 1.03 bits per heavy atom. The number of furan rings is 1. The summed E-state index contributed by atoms with van der Waals surface area (Å²) in [7, 11) is 1.54. The lowest BCUT2D eigenvalue weighted by molar-refractivity contribution is -0.139. The molecule has 0 unspecified atom stereocenters. The number of aliphatic carboxylic acids is 1. The van der Waals surface area contributed by atoms with Gasteiger partial charge in [-0.1, -0.05) is 36.4 Å². The molecule has 1 atom stereocenters. The third kappa shape index (κ3) is 4.62. The third-order valence-corrected chi connectivity index (χ3v) is 5.10. The second kappa shape index (κ2) is 8.93. The summed E-state index contributed by atoms with van der Waals surface area (Å²) in [4.78, 5) is 24.4. The van der Waals surface area contributed by atoms with Crippen LogP contribution in [0.3, 0.4) is 0 Å². The molecule has 32 heavy (non-hydrogen) atoms. The van der Waals surface area contributed by atoms with Crippen LogP contribution in [0.1, 0.15) is 16.1 Å². The van der Waals surface area contributed by atoms with Crippen LogP contribution in [0.4, 0.5) is 4.39 Å². The first-order valence-electron chi connectivity index (χ1n) is 9.89. The number of benzene rings is 3. The minimum atomic E-state index is -1.16. The molecular weight excluding hydrogens is 413 g/mol. The number of methoxy groups -OCH3 is 1. The first kappa shape index (κ1) is 21.1. The highest BCUT2D eigenvalue weighted by molar-refractivity contribution is 5.98. The van der Waals surface area contributed by atoms with E-state index in [2.05, 4.69) is 5.32 Å². The fourth-order valence-corrected chi connectivity index (χ4v) is 3.43. The van der Waals surface area contributed by atoms with Crippen molar-refractivity contribution in [1.29, 1.82) is 0 Å². The molecule has 2 N–H and O–H groups in total. The van der Waals surface area contributed by atoms with Crippen molar-refractivity contribution < 1.29 is 28.2 Å². The number of carboxylic acid groups (broad SMARTS) is 1. The maximum absolute atomic E-state index is 13.4. The van der Waals surface area contributed by atoms with Crippen LogP contribution in [0.2, 0.25) is 0 Å². The third-order valence-electron chi connectivity index (χ3n) is 5.10. The van der Waals surface area contributed by atoms with Crippen LogP contribution >= 0.6 is 0 Å². The van der Waals surface area contributed by atoms with Crippen molar-refractivity contribution >= 4 is 22.8 Å². The van der Waals surface area contributed by atoms with E-state index in [4.69, 9.17) is 9.15 Å². The van der Waals surface area contributed by atoms with Crippen LogP contribution in [0, 0.1) is 5.82 Å². The summed E-state index contributed by atoms with van der Waals surface area (Å²) < 4.78 is 24.1. The lowest BCUT2D eigenvalue weighted by Crippen LogP contribution is -2.42. The van der Waals surface area contributed by atoms with Crippen LogP contribution in [-0.4, -0.2) is 30.1 Å². The van der Waals surface area contributed by atoms with Crippen molar-refractivity contribution in [2.75, 3.05) is 7.11 Å². The van der Waals surface area contributed by atoms with Gasteiger partial charge in [0.25, 0.3) is 5.91 Å². The second-order valence-corrected chi connectivity index (χ2v) is 7.29. The van der Waals surface area contributed by atoms with E-state index in [1.807, 2.05) is 0 Å². The van der Waals surface area contributed by atoms with Gasteiger partial charge in [0, 0.05) is 11.8 Å². The minimum Gasteiger partial charge on any atom is -0.497 e. The predicted octanol–water partition coefficient (Wildman–Crippen LogP) is 4.67. The molecule has 0 aliphatic rings. The number of carboxylic acids is 1. The quantitative estimate of drug-likeness (QED) is 0.442. The highest BCUT2D eigenvalue weighted by atomic mass is 19.1. The summed E-state index contributed by atoms with van der Waals surface area (Å²) in [6.45, 7) is 0. The minimum absolute atomic E-state index is 0.0148. The van der Waals surface area contributed by atoms with Crippen molar-refractivity contribution in [1.82, 2.24) is 5.32 Å². The Bertz CT molecular complexity index is 1280. The molecule has 0 aliphatic heterocycles. The molecule has 162 valence electrons. The highest BCUT2D eigenvalue weighted by Gasteiger charge is 2.23. The van der Waals surface area contributed by atoms with Crippen LogP contribution in [0.15, 0.2) is 77.2 Å². The number of nitrogens with one attached hydrogen (secondary N) is 1. The van der Waals surface area contributed by atoms with Gasteiger partial charge in [0.2, 0.25) is 0 Å². The van der Waals surface area contributed by atoms with E-state index >= 15 is 0 Å². The predicted molar refractivity (Wildman–Crippen MR) is 117 cm³/mol. The molecule has 0 fully saturated rings. The lowest BCUT2D eigenvalue weighted by atomic mass is 10.0. The summed E-state index contributed by atoms with van der Waals surface area (Å²) in [5.41, 5.74) is 2.74. The number of halogens is 1. The van der Waals surface area contributed by atoms with Gasteiger partial charge in [-0.2, -0.15) is 0 Å². The van der Waals surface area contributed by atoms with E-state index in [9.17, 15) is 19.1 Å². The van der Waals surface area contributed by atoms with Gasteiger partial charge in [0.05, 0.1) is 7.11 Å². The molecule has 0 bridgehead atoms.